The third-order valence-corrected chi connectivity index (χ3v) is 1.95. The normalized spacial score (nSPS) is 9.62. The van der Waals surface area contributed by atoms with Crippen LogP contribution in [0.15, 0.2) is 12.7 Å². The molecule has 0 unspecified atom stereocenters. The highest BCUT2D eigenvalue weighted by Gasteiger charge is 1.97. The van der Waals surface area contributed by atoms with Crippen molar-refractivity contribution >= 4 is 5.91 Å². The maximum atomic E-state index is 11.1. The van der Waals surface area contributed by atoms with Crippen molar-refractivity contribution in [2.45, 2.75) is 45.4 Å². The van der Waals surface area contributed by atoms with Crippen LogP contribution < -0.4 is 5.32 Å². The maximum Gasteiger partial charge on any atom is 0.220 e. The predicted molar refractivity (Wildman–Crippen MR) is 56.6 cm³/mol. The fourth-order valence-corrected chi connectivity index (χ4v) is 1.16. The van der Waals surface area contributed by atoms with Gasteiger partial charge in [-0.2, -0.15) is 0 Å². The molecule has 0 atom stereocenters. The molecular formula is C11H21NO. The monoisotopic (exact) mass is 183 g/mol. The number of hydrogen-bond acceptors (Lipinski definition) is 1. The quantitative estimate of drug-likeness (QED) is 0.455. The van der Waals surface area contributed by atoms with Crippen molar-refractivity contribution in [3.63, 3.8) is 0 Å². The molecule has 0 rings (SSSR count). The molecule has 0 spiro atoms. The van der Waals surface area contributed by atoms with Crippen LogP contribution in [-0.4, -0.2) is 12.5 Å². The standard InChI is InChI=1S/C11H21NO/c1-3-5-6-7-8-9-11(13)12-10-4-2/h4H,2-3,5-10H2,1H3,(H,12,13). The lowest BCUT2D eigenvalue weighted by Crippen LogP contribution is -2.22. The Balaban J connectivity index is 3.12. The number of carbonyl (C=O) groups excluding carboxylic acids is 1. The Morgan fingerprint density at radius 1 is 1.31 bits per heavy atom. The number of unbranched alkanes of at least 4 members (excludes halogenated alkanes) is 4. The molecule has 1 amide bonds. The van der Waals surface area contributed by atoms with Crippen LogP contribution in [0.4, 0.5) is 0 Å². The van der Waals surface area contributed by atoms with Crippen LogP contribution in [0.5, 0.6) is 0 Å². The van der Waals surface area contributed by atoms with Crippen molar-refractivity contribution in [1.82, 2.24) is 5.32 Å². The molecule has 0 aliphatic heterocycles. The molecule has 0 aromatic heterocycles. The Labute approximate surface area is 81.4 Å². The van der Waals surface area contributed by atoms with E-state index >= 15 is 0 Å². The fourth-order valence-electron chi connectivity index (χ4n) is 1.16. The molecule has 2 heteroatoms. The summed E-state index contributed by atoms with van der Waals surface area (Å²) in [5, 5.41) is 2.77. The molecule has 2 nitrogen and oxygen atoms in total. The number of hydrogen-bond donors (Lipinski definition) is 1. The van der Waals surface area contributed by atoms with Gasteiger partial charge in [0.1, 0.15) is 0 Å². The summed E-state index contributed by atoms with van der Waals surface area (Å²) in [5.41, 5.74) is 0. The lowest BCUT2D eigenvalue weighted by atomic mass is 10.1. The van der Waals surface area contributed by atoms with Crippen molar-refractivity contribution in [3.05, 3.63) is 12.7 Å². The van der Waals surface area contributed by atoms with Gasteiger partial charge in [0.15, 0.2) is 0 Å². The molecule has 0 aromatic rings. The smallest absolute Gasteiger partial charge is 0.220 e. The van der Waals surface area contributed by atoms with Gasteiger partial charge < -0.3 is 5.32 Å². The minimum Gasteiger partial charge on any atom is -0.353 e. The van der Waals surface area contributed by atoms with E-state index < -0.39 is 0 Å². The van der Waals surface area contributed by atoms with Crippen molar-refractivity contribution in [3.8, 4) is 0 Å². The summed E-state index contributed by atoms with van der Waals surface area (Å²) in [6.45, 7) is 6.32. The molecular weight excluding hydrogens is 162 g/mol. The molecule has 0 aliphatic carbocycles. The summed E-state index contributed by atoms with van der Waals surface area (Å²) in [4.78, 5) is 11.1. The Kier molecular flexibility index (Phi) is 8.73. The van der Waals surface area contributed by atoms with Crippen LogP contribution in [0, 0.1) is 0 Å². The average molecular weight is 183 g/mol. The van der Waals surface area contributed by atoms with Gasteiger partial charge in [0.25, 0.3) is 0 Å². The molecule has 13 heavy (non-hydrogen) atoms. The number of amides is 1. The van der Waals surface area contributed by atoms with Gasteiger partial charge in [-0.25, -0.2) is 0 Å². The molecule has 0 aliphatic rings. The minimum atomic E-state index is 0.149. The van der Waals surface area contributed by atoms with Gasteiger partial charge in [-0.3, -0.25) is 4.79 Å². The van der Waals surface area contributed by atoms with Crippen molar-refractivity contribution in [1.29, 1.82) is 0 Å². The molecule has 0 fully saturated rings. The molecule has 0 saturated heterocycles. The largest absolute Gasteiger partial charge is 0.353 e. The van der Waals surface area contributed by atoms with E-state index in [0.29, 0.717) is 13.0 Å². The zero-order chi connectivity index (χ0) is 9.94. The molecule has 1 N–H and O–H groups in total. The van der Waals surface area contributed by atoms with Crippen LogP contribution in [0.3, 0.4) is 0 Å². The highest BCUT2D eigenvalue weighted by atomic mass is 16.1. The minimum absolute atomic E-state index is 0.149. The Morgan fingerprint density at radius 2 is 2.00 bits per heavy atom. The van der Waals surface area contributed by atoms with Gasteiger partial charge in [-0.05, 0) is 6.42 Å². The van der Waals surface area contributed by atoms with Crippen LogP contribution in [0.2, 0.25) is 0 Å². The SMILES string of the molecule is C=CCNC(=O)CCCCCCC. The van der Waals surface area contributed by atoms with Gasteiger partial charge >= 0.3 is 0 Å². The molecule has 0 bridgehead atoms. The molecule has 0 radical (unpaired) electrons. The Morgan fingerprint density at radius 3 is 2.62 bits per heavy atom. The van der Waals surface area contributed by atoms with Crippen LogP contribution in [0.1, 0.15) is 45.4 Å². The second-order valence-electron chi connectivity index (χ2n) is 3.26. The van der Waals surface area contributed by atoms with E-state index in [1.807, 2.05) is 0 Å². The second kappa shape index (κ2) is 9.30. The van der Waals surface area contributed by atoms with E-state index in [2.05, 4.69) is 18.8 Å². The van der Waals surface area contributed by atoms with Gasteiger partial charge in [-0.1, -0.05) is 38.7 Å². The summed E-state index contributed by atoms with van der Waals surface area (Å²) in [6, 6.07) is 0. The Bertz CT molecular complexity index is 143. The van der Waals surface area contributed by atoms with Crippen LogP contribution >= 0.6 is 0 Å². The predicted octanol–water partition coefficient (Wildman–Crippen LogP) is 2.65. The van der Waals surface area contributed by atoms with E-state index in [0.717, 1.165) is 6.42 Å². The summed E-state index contributed by atoms with van der Waals surface area (Å²) in [7, 11) is 0. The zero-order valence-corrected chi connectivity index (χ0v) is 8.64. The highest BCUT2D eigenvalue weighted by Crippen LogP contribution is 2.04. The molecule has 0 saturated carbocycles. The summed E-state index contributed by atoms with van der Waals surface area (Å²) >= 11 is 0. The lowest BCUT2D eigenvalue weighted by Gasteiger charge is -2.01. The Hall–Kier alpha value is -0.790. The average Bonchev–Trinajstić information content (AvgIpc) is 2.14. The van der Waals surface area contributed by atoms with Crippen LogP contribution in [-0.2, 0) is 4.79 Å². The first-order valence-electron chi connectivity index (χ1n) is 5.18. The van der Waals surface area contributed by atoms with Crippen LogP contribution in [0.25, 0.3) is 0 Å². The number of rotatable bonds is 8. The van der Waals surface area contributed by atoms with E-state index in [-0.39, 0.29) is 5.91 Å². The van der Waals surface area contributed by atoms with Gasteiger partial charge in [0.05, 0.1) is 0 Å². The molecule has 76 valence electrons. The summed E-state index contributed by atoms with van der Waals surface area (Å²) < 4.78 is 0. The lowest BCUT2D eigenvalue weighted by molar-refractivity contribution is -0.121. The van der Waals surface area contributed by atoms with Crippen molar-refractivity contribution < 1.29 is 4.79 Å². The van der Waals surface area contributed by atoms with E-state index in [1.165, 1.54) is 25.7 Å². The van der Waals surface area contributed by atoms with Gasteiger partial charge in [-0.15, -0.1) is 6.58 Å². The zero-order valence-electron chi connectivity index (χ0n) is 8.64. The van der Waals surface area contributed by atoms with Gasteiger partial charge in [0, 0.05) is 13.0 Å². The van der Waals surface area contributed by atoms with E-state index in [4.69, 9.17) is 0 Å². The van der Waals surface area contributed by atoms with E-state index in [1.54, 1.807) is 6.08 Å². The first-order chi connectivity index (χ1) is 6.31. The third kappa shape index (κ3) is 9.12. The first-order valence-corrected chi connectivity index (χ1v) is 5.18. The first kappa shape index (κ1) is 12.2. The topological polar surface area (TPSA) is 29.1 Å². The molecule has 0 aromatic carbocycles. The highest BCUT2D eigenvalue weighted by molar-refractivity contribution is 5.75. The summed E-state index contributed by atoms with van der Waals surface area (Å²) in [6.07, 6.45) is 8.35. The number of carbonyl (C=O) groups is 1. The van der Waals surface area contributed by atoms with Crippen molar-refractivity contribution in [2.75, 3.05) is 6.54 Å². The fraction of sp³-hybridized carbons (Fsp3) is 0.727. The summed E-state index contributed by atoms with van der Waals surface area (Å²) in [5.74, 6) is 0.149. The van der Waals surface area contributed by atoms with Crippen molar-refractivity contribution in [2.24, 2.45) is 0 Å². The van der Waals surface area contributed by atoms with E-state index in [9.17, 15) is 4.79 Å². The number of nitrogens with one attached hydrogen (secondary N) is 1. The second-order valence-corrected chi connectivity index (χ2v) is 3.26. The molecule has 0 heterocycles. The van der Waals surface area contributed by atoms with Gasteiger partial charge in [0.2, 0.25) is 5.91 Å². The maximum absolute atomic E-state index is 11.1. The third-order valence-electron chi connectivity index (χ3n) is 1.95.